The fourth-order valence-electron chi connectivity index (χ4n) is 2.95. The molecule has 3 aromatic rings. The van der Waals surface area contributed by atoms with Crippen LogP contribution in [0, 0.1) is 6.92 Å². The summed E-state index contributed by atoms with van der Waals surface area (Å²) in [5.41, 5.74) is 1.79. The minimum Gasteiger partial charge on any atom is -0.487 e. The van der Waals surface area contributed by atoms with E-state index in [-0.39, 0.29) is 12.0 Å². The summed E-state index contributed by atoms with van der Waals surface area (Å²) >= 11 is 1.60. The Kier molecular flexibility index (Phi) is 6.29. The van der Waals surface area contributed by atoms with Crippen LogP contribution in [-0.4, -0.2) is 30.1 Å². The molecule has 1 aromatic heterocycles. The lowest BCUT2D eigenvalue weighted by molar-refractivity contribution is -0.116. The van der Waals surface area contributed by atoms with Crippen LogP contribution < -0.4 is 19.5 Å². The maximum absolute atomic E-state index is 12.2. The number of rotatable bonds is 7. The van der Waals surface area contributed by atoms with E-state index in [1.807, 2.05) is 60.8 Å². The van der Waals surface area contributed by atoms with Crippen molar-refractivity contribution in [3.05, 3.63) is 76.3 Å². The van der Waals surface area contributed by atoms with Crippen molar-refractivity contribution in [3.63, 3.8) is 0 Å². The fraction of sp³-hybridized carbons (Fsp3) is 0.217. The fourth-order valence-corrected chi connectivity index (χ4v) is 3.55. The number of para-hydroxylation sites is 2. The van der Waals surface area contributed by atoms with Crippen molar-refractivity contribution in [2.24, 2.45) is 0 Å². The van der Waals surface area contributed by atoms with Crippen LogP contribution in [-0.2, 0) is 11.4 Å². The molecule has 154 valence electrons. The van der Waals surface area contributed by atoms with Crippen molar-refractivity contribution >= 4 is 23.3 Å². The van der Waals surface area contributed by atoms with Crippen molar-refractivity contribution in [2.75, 3.05) is 13.2 Å². The summed E-state index contributed by atoms with van der Waals surface area (Å²) in [4.78, 5) is 16.6. The summed E-state index contributed by atoms with van der Waals surface area (Å²) in [5, 5.41) is 5.86. The number of aryl methyl sites for hydroxylation is 1. The number of benzene rings is 2. The van der Waals surface area contributed by atoms with Gasteiger partial charge in [0.1, 0.15) is 25.1 Å². The van der Waals surface area contributed by atoms with Crippen LogP contribution >= 0.6 is 11.3 Å². The van der Waals surface area contributed by atoms with E-state index in [0.29, 0.717) is 25.5 Å². The molecule has 0 bridgehead atoms. The van der Waals surface area contributed by atoms with E-state index in [4.69, 9.17) is 14.2 Å². The third kappa shape index (κ3) is 5.39. The number of hydrogen-bond donors (Lipinski definition) is 1. The van der Waals surface area contributed by atoms with Gasteiger partial charge in [0.05, 0.1) is 17.2 Å². The zero-order valence-electron chi connectivity index (χ0n) is 16.5. The highest BCUT2D eigenvalue weighted by atomic mass is 32.1. The van der Waals surface area contributed by atoms with Gasteiger partial charge in [0.2, 0.25) is 5.91 Å². The summed E-state index contributed by atoms with van der Waals surface area (Å²) in [6, 6.07) is 15.1. The first kappa shape index (κ1) is 20.0. The van der Waals surface area contributed by atoms with Gasteiger partial charge in [-0.05, 0) is 42.8 Å². The third-order valence-electron chi connectivity index (χ3n) is 4.41. The van der Waals surface area contributed by atoms with Gasteiger partial charge in [-0.2, -0.15) is 0 Å². The van der Waals surface area contributed by atoms with Crippen molar-refractivity contribution < 1.29 is 19.0 Å². The van der Waals surface area contributed by atoms with E-state index in [9.17, 15) is 4.79 Å². The number of carbonyl (C=O) groups is 1. The number of ether oxygens (including phenoxy) is 3. The first-order valence-corrected chi connectivity index (χ1v) is 10.5. The highest BCUT2D eigenvalue weighted by molar-refractivity contribution is 7.09. The molecule has 0 saturated heterocycles. The second-order valence-corrected chi connectivity index (χ2v) is 7.86. The summed E-state index contributed by atoms with van der Waals surface area (Å²) in [5.74, 6) is 1.96. The van der Waals surface area contributed by atoms with E-state index < -0.39 is 0 Å². The molecule has 0 saturated carbocycles. The summed E-state index contributed by atoms with van der Waals surface area (Å²) in [7, 11) is 0. The quantitative estimate of drug-likeness (QED) is 0.583. The SMILES string of the molecule is Cc1nc(COc2cccc(/C=C/C(=O)NC[C@H]3COc4ccccc4O3)c2)cs1. The van der Waals surface area contributed by atoms with E-state index >= 15 is 0 Å². The number of nitrogens with zero attached hydrogens (tertiary/aromatic N) is 1. The van der Waals surface area contributed by atoms with Gasteiger partial charge in [0.25, 0.3) is 0 Å². The maximum Gasteiger partial charge on any atom is 0.244 e. The molecular formula is C23H22N2O4S. The number of aromatic nitrogens is 1. The van der Waals surface area contributed by atoms with Gasteiger partial charge in [-0.25, -0.2) is 4.98 Å². The predicted molar refractivity (Wildman–Crippen MR) is 116 cm³/mol. The number of fused-ring (bicyclic) bond motifs is 1. The average molecular weight is 423 g/mol. The smallest absolute Gasteiger partial charge is 0.244 e. The van der Waals surface area contributed by atoms with Crippen LogP contribution in [0.25, 0.3) is 6.08 Å². The zero-order valence-corrected chi connectivity index (χ0v) is 17.4. The highest BCUT2D eigenvalue weighted by Crippen LogP contribution is 2.30. The molecule has 4 rings (SSSR count). The Morgan fingerprint density at radius 3 is 2.97 bits per heavy atom. The molecule has 6 nitrogen and oxygen atoms in total. The molecular weight excluding hydrogens is 400 g/mol. The Labute approximate surface area is 179 Å². The van der Waals surface area contributed by atoms with E-state index in [0.717, 1.165) is 27.8 Å². The van der Waals surface area contributed by atoms with Gasteiger partial charge in [-0.15, -0.1) is 11.3 Å². The maximum atomic E-state index is 12.2. The van der Waals surface area contributed by atoms with E-state index in [2.05, 4.69) is 10.3 Å². The molecule has 1 atom stereocenters. The molecule has 1 aliphatic rings. The van der Waals surface area contributed by atoms with Crippen molar-refractivity contribution in [1.29, 1.82) is 0 Å². The Bertz CT molecular complexity index is 1050. The number of hydrogen-bond acceptors (Lipinski definition) is 6. The van der Waals surface area contributed by atoms with Crippen LogP contribution in [0.15, 0.2) is 60.0 Å². The number of thiazole rings is 1. The molecule has 30 heavy (non-hydrogen) atoms. The van der Waals surface area contributed by atoms with Crippen LogP contribution in [0.2, 0.25) is 0 Å². The van der Waals surface area contributed by atoms with Crippen LogP contribution in [0.4, 0.5) is 0 Å². The number of nitrogens with one attached hydrogen (secondary N) is 1. The minimum absolute atomic E-state index is 0.193. The van der Waals surface area contributed by atoms with Crippen molar-refractivity contribution in [2.45, 2.75) is 19.6 Å². The van der Waals surface area contributed by atoms with Gasteiger partial charge in [-0.1, -0.05) is 24.3 Å². The Morgan fingerprint density at radius 1 is 1.27 bits per heavy atom. The molecule has 2 heterocycles. The molecule has 0 fully saturated rings. The van der Waals surface area contributed by atoms with Crippen LogP contribution in [0.5, 0.6) is 17.2 Å². The second-order valence-electron chi connectivity index (χ2n) is 6.80. The van der Waals surface area contributed by atoms with Gasteiger partial charge >= 0.3 is 0 Å². The molecule has 7 heteroatoms. The first-order valence-electron chi connectivity index (χ1n) is 9.64. The van der Waals surface area contributed by atoms with Gasteiger partial charge in [-0.3, -0.25) is 4.79 Å². The first-order chi connectivity index (χ1) is 14.7. The van der Waals surface area contributed by atoms with Crippen LogP contribution in [0.3, 0.4) is 0 Å². The standard InChI is InChI=1S/C23H22N2O4S/c1-16-25-18(15-30-16)13-27-19-6-4-5-17(11-19)9-10-23(26)24-12-20-14-28-21-7-2-3-8-22(21)29-20/h2-11,15,20H,12-14H2,1H3,(H,24,26)/b10-9+/t20-/m0/s1. The molecule has 2 aromatic carbocycles. The second kappa shape index (κ2) is 9.45. The van der Waals surface area contributed by atoms with Crippen LogP contribution in [0.1, 0.15) is 16.3 Å². The molecule has 0 unspecified atom stereocenters. The molecule has 0 spiro atoms. The predicted octanol–water partition coefficient (Wildman–Crippen LogP) is 4.00. The molecule has 1 aliphatic heterocycles. The molecule has 0 radical (unpaired) electrons. The summed E-state index contributed by atoms with van der Waals surface area (Å²) < 4.78 is 17.3. The van der Waals surface area contributed by atoms with E-state index in [1.54, 1.807) is 17.4 Å². The lowest BCUT2D eigenvalue weighted by atomic mass is 10.2. The van der Waals surface area contributed by atoms with E-state index in [1.165, 1.54) is 6.08 Å². The summed E-state index contributed by atoms with van der Waals surface area (Å²) in [6.07, 6.45) is 3.03. The Hall–Kier alpha value is -3.32. The summed E-state index contributed by atoms with van der Waals surface area (Å²) in [6.45, 7) is 3.16. The lowest BCUT2D eigenvalue weighted by Gasteiger charge is -2.26. The molecule has 0 aliphatic carbocycles. The third-order valence-corrected chi connectivity index (χ3v) is 5.23. The Morgan fingerprint density at radius 2 is 2.13 bits per heavy atom. The number of amides is 1. The minimum atomic E-state index is -0.219. The van der Waals surface area contributed by atoms with Gasteiger partial charge in [0.15, 0.2) is 11.5 Å². The zero-order chi connectivity index (χ0) is 20.8. The van der Waals surface area contributed by atoms with Gasteiger partial charge < -0.3 is 19.5 Å². The monoisotopic (exact) mass is 422 g/mol. The number of carbonyl (C=O) groups excluding carboxylic acids is 1. The normalized spacial score (nSPS) is 15.2. The Balaban J connectivity index is 1.26. The average Bonchev–Trinajstić information content (AvgIpc) is 3.20. The van der Waals surface area contributed by atoms with Gasteiger partial charge in [0, 0.05) is 11.5 Å². The lowest BCUT2D eigenvalue weighted by Crippen LogP contribution is -2.40. The largest absolute Gasteiger partial charge is 0.487 e. The topological polar surface area (TPSA) is 69.7 Å². The highest BCUT2D eigenvalue weighted by Gasteiger charge is 2.20. The molecule has 1 amide bonds. The molecule has 1 N–H and O–H groups in total. The van der Waals surface area contributed by atoms with Crippen molar-refractivity contribution in [3.8, 4) is 17.2 Å². The van der Waals surface area contributed by atoms with Crippen molar-refractivity contribution in [1.82, 2.24) is 10.3 Å².